The fourth-order valence-electron chi connectivity index (χ4n) is 3.83. The molecule has 1 N–H and O–H groups in total. The SMILES string of the molecule is CC(=O)c1cn(C(C)C(=O)N2CCN(Cc3ncn[nH]3)CC2)c2ccccc12. The first-order valence-corrected chi connectivity index (χ1v) is 9.50. The molecule has 1 unspecified atom stereocenters. The number of carbonyl (C=O) groups is 2. The minimum absolute atomic E-state index is 0.00984. The van der Waals surface area contributed by atoms with Gasteiger partial charge >= 0.3 is 0 Å². The first kappa shape index (κ1) is 18.4. The lowest BCUT2D eigenvalue weighted by Crippen LogP contribution is -2.50. The zero-order chi connectivity index (χ0) is 19.7. The van der Waals surface area contributed by atoms with E-state index in [1.165, 1.54) is 6.33 Å². The zero-order valence-corrected chi connectivity index (χ0v) is 16.1. The number of piperazine rings is 1. The monoisotopic (exact) mass is 380 g/mol. The van der Waals surface area contributed by atoms with Gasteiger partial charge in [0, 0.05) is 48.8 Å². The molecule has 2 aromatic heterocycles. The van der Waals surface area contributed by atoms with Crippen LogP contribution in [-0.2, 0) is 11.3 Å². The number of nitrogens with zero attached hydrogens (tertiary/aromatic N) is 5. The van der Waals surface area contributed by atoms with E-state index in [-0.39, 0.29) is 17.7 Å². The number of rotatable bonds is 5. The maximum atomic E-state index is 13.1. The highest BCUT2D eigenvalue weighted by molar-refractivity contribution is 6.07. The van der Waals surface area contributed by atoms with Crippen LogP contribution in [0.1, 0.15) is 36.1 Å². The summed E-state index contributed by atoms with van der Waals surface area (Å²) in [6.45, 7) is 7.12. The van der Waals surface area contributed by atoms with Gasteiger partial charge in [0.25, 0.3) is 0 Å². The molecule has 1 atom stereocenters. The lowest BCUT2D eigenvalue weighted by molar-refractivity contribution is -0.136. The van der Waals surface area contributed by atoms with Crippen molar-refractivity contribution < 1.29 is 9.59 Å². The number of aromatic amines is 1. The van der Waals surface area contributed by atoms with Crippen LogP contribution in [0, 0.1) is 0 Å². The number of para-hydroxylation sites is 1. The Balaban J connectivity index is 1.47. The summed E-state index contributed by atoms with van der Waals surface area (Å²) in [5.41, 5.74) is 1.57. The molecule has 0 aliphatic carbocycles. The maximum Gasteiger partial charge on any atom is 0.245 e. The van der Waals surface area contributed by atoms with E-state index >= 15 is 0 Å². The van der Waals surface area contributed by atoms with Gasteiger partial charge in [-0.25, -0.2) is 4.98 Å². The van der Waals surface area contributed by atoms with E-state index in [1.54, 1.807) is 6.92 Å². The van der Waals surface area contributed by atoms with E-state index in [1.807, 2.05) is 46.9 Å². The number of nitrogens with one attached hydrogen (secondary N) is 1. The van der Waals surface area contributed by atoms with Crippen LogP contribution in [0.3, 0.4) is 0 Å². The summed E-state index contributed by atoms with van der Waals surface area (Å²) in [5, 5.41) is 7.64. The van der Waals surface area contributed by atoms with Gasteiger partial charge in [-0.2, -0.15) is 5.10 Å². The van der Waals surface area contributed by atoms with Crippen LogP contribution in [-0.4, -0.2) is 67.4 Å². The van der Waals surface area contributed by atoms with E-state index in [9.17, 15) is 9.59 Å². The molecule has 4 rings (SSSR count). The largest absolute Gasteiger partial charge is 0.338 e. The molecule has 1 saturated heterocycles. The molecule has 8 nitrogen and oxygen atoms in total. The summed E-state index contributed by atoms with van der Waals surface area (Å²) in [5.74, 6) is 0.925. The van der Waals surface area contributed by atoms with Crippen molar-refractivity contribution in [2.45, 2.75) is 26.4 Å². The number of Topliss-reactive ketones (excluding diaryl/α,β-unsaturated/α-hetero) is 1. The van der Waals surface area contributed by atoms with Crippen molar-refractivity contribution in [3.05, 3.63) is 48.2 Å². The smallest absolute Gasteiger partial charge is 0.245 e. The molecule has 0 saturated carbocycles. The van der Waals surface area contributed by atoms with Crippen molar-refractivity contribution >= 4 is 22.6 Å². The number of amides is 1. The van der Waals surface area contributed by atoms with Crippen molar-refractivity contribution in [2.75, 3.05) is 26.2 Å². The molecule has 146 valence electrons. The molecule has 1 aliphatic rings. The third-order valence-electron chi connectivity index (χ3n) is 5.42. The number of H-pyrrole nitrogens is 1. The van der Waals surface area contributed by atoms with Crippen molar-refractivity contribution in [2.24, 2.45) is 0 Å². The molecule has 0 bridgehead atoms. The molecule has 1 fully saturated rings. The van der Waals surface area contributed by atoms with Gasteiger partial charge in [-0.1, -0.05) is 18.2 Å². The van der Waals surface area contributed by atoms with Gasteiger partial charge < -0.3 is 9.47 Å². The number of fused-ring (bicyclic) bond motifs is 1. The third-order valence-corrected chi connectivity index (χ3v) is 5.42. The quantitative estimate of drug-likeness (QED) is 0.683. The number of hydrogen-bond acceptors (Lipinski definition) is 5. The molecule has 1 amide bonds. The molecule has 3 heterocycles. The molecule has 0 spiro atoms. The molecule has 28 heavy (non-hydrogen) atoms. The summed E-state index contributed by atoms with van der Waals surface area (Å²) >= 11 is 0. The van der Waals surface area contributed by atoms with Crippen molar-refractivity contribution in [3.8, 4) is 0 Å². The second-order valence-corrected chi connectivity index (χ2v) is 7.23. The normalized spacial score (nSPS) is 16.4. The Morgan fingerprint density at radius 2 is 1.93 bits per heavy atom. The van der Waals surface area contributed by atoms with Crippen LogP contribution < -0.4 is 0 Å². The van der Waals surface area contributed by atoms with E-state index in [2.05, 4.69) is 20.1 Å². The third kappa shape index (κ3) is 3.43. The lowest BCUT2D eigenvalue weighted by Gasteiger charge is -2.35. The number of aromatic nitrogens is 4. The Morgan fingerprint density at radius 3 is 2.61 bits per heavy atom. The van der Waals surface area contributed by atoms with Crippen LogP contribution in [0.5, 0.6) is 0 Å². The van der Waals surface area contributed by atoms with Crippen molar-refractivity contribution in [1.29, 1.82) is 0 Å². The van der Waals surface area contributed by atoms with Gasteiger partial charge in [-0.15, -0.1) is 0 Å². The Bertz CT molecular complexity index is 985. The van der Waals surface area contributed by atoms with E-state index < -0.39 is 0 Å². The van der Waals surface area contributed by atoms with Gasteiger partial charge in [-0.05, 0) is 19.9 Å². The Kier molecular flexibility index (Phi) is 4.95. The highest BCUT2D eigenvalue weighted by atomic mass is 16.2. The van der Waals surface area contributed by atoms with Crippen molar-refractivity contribution in [1.82, 2.24) is 29.5 Å². The van der Waals surface area contributed by atoms with Gasteiger partial charge in [0.05, 0.1) is 6.54 Å². The Morgan fingerprint density at radius 1 is 1.18 bits per heavy atom. The average molecular weight is 380 g/mol. The minimum atomic E-state index is -0.362. The topological polar surface area (TPSA) is 87.1 Å². The van der Waals surface area contributed by atoms with Gasteiger partial charge in [0.1, 0.15) is 18.2 Å². The van der Waals surface area contributed by atoms with Crippen LogP contribution >= 0.6 is 0 Å². The van der Waals surface area contributed by atoms with Crippen LogP contribution in [0.15, 0.2) is 36.8 Å². The summed E-state index contributed by atoms with van der Waals surface area (Å²) in [7, 11) is 0. The first-order valence-electron chi connectivity index (χ1n) is 9.50. The molecule has 3 aromatic rings. The summed E-state index contributed by atoms with van der Waals surface area (Å²) in [6.07, 6.45) is 3.32. The summed E-state index contributed by atoms with van der Waals surface area (Å²) in [6, 6.07) is 7.38. The van der Waals surface area contributed by atoms with Crippen LogP contribution in [0.25, 0.3) is 10.9 Å². The predicted molar refractivity (Wildman–Crippen MR) is 105 cm³/mol. The van der Waals surface area contributed by atoms with E-state index in [4.69, 9.17) is 0 Å². The fraction of sp³-hybridized carbons (Fsp3) is 0.400. The summed E-state index contributed by atoms with van der Waals surface area (Å²) in [4.78, 5) is 33.4. The predicted octanol–water partition coefficient (Wildman–Crippen LogP) is 1.87. The number of hydrogen-bond donors (Lipinski definition) is 1. The van der Waals surface area contributed by atoms with Crippen molar-refractivity contribution in [3.63, 3.8) is 0 Å². The Hall–Kier alpha value is -3.00. The second-order valence-electron chi connectivity index (χ2n) is 7.23. The van der Waals surface area contributed by atoms with Crippen LogP contribution in [0.2, 0.25) is 0 Å². The number of ketones is 1. The molecular weight excluding hydrogens is 356 g/mol. The van der Waals surface area contributed by atoms with Gasteiger partial charge in [-0.3, -0.25) is 19.6 Å². The minimum Gasteiger partial charge on any atom is -0.338 e. The Labute approximate surface area is 163 Å². The second kappa shape index (κ2) is 7.55. The highest BCUT2D eigenvalue weighted by Gasteiger charge is 2.27. The molecule has 8 heteroatoms. The standard InChI is InChI=1S/C20H24N6O2/c1-14(26-11-17(15(2)27)16-5-3-4-6-18(16)26)20(28)25-9-7-24(8-10-25)12-19-21-13-22-23-19/h3-6,11,13-14H,7-10,12H2,1-2H3,(H,21,22,23). The average Bonchev–Trinajstić information content (AvgIpc) is 3.35. The molecule has 0 radical (unpaired) electrons. The number of carbonyl (C=O) groups excluding carboxylic acids is 2. The van der Waals surface area contributed by atoms with E-state index in [0.29, 0.717) is 25.2 Å². The van der Waals surface area contributed by atoms with Gasteiger partial charge in [0.15, 0.2) is 5.78 Å². The first-order chi connectivity index (χ1) is 13.5. The molecular formula is C20H24N6O2. The fourth-order valence-corrected chi connectivity index (χ4v) is 3.83. The summed E-state index contributed by atoms with van der Waals surface area (Å²) < 4.78 is 1.93. The molecule has 1 aromatic carbocycles. The maximum absolute atomic E-state index is 13.1. The van der Waals surface area contributed by atoms with Crippen LogP contribution in [0.4, 0.5) is 0 Å². The number of benzene rings is 1. The van der Waals surface area contributed by atoms with E-state index in [0.717, 1.165) is 29.8 Å². The highest BCUT2D eigenvalue weighted by Crippen LogP contribution is 2.26. The lowest BCUT2D eigenvalue weighted by atomic mass is 10.1. The zero-order valence-electron chi connectivity index (χ0n) is 16.1. The molecule has 1 aliphatic heterocycles. The van der Waals surface area contributed by atoms with Gasteiger partial charge in [0.2, 0.25) is 5.91 Å².